The van der Waals surface area contributed by atoms with Gasteiger partial charge in [-0.3, -0.25) is 18.9 Å². The molecule has 0 aliphatic carbocycles. The fourth-order valence-electron chi connectivity index (χ4n) is 1.54. The molecule has 0 aliphatic heterocycles. The van der Waals surface area contributed by atoms with Crippen LogP contribution in [0.25, 0.3) is 0 Å². The molecule has 0 fully saturated rings. The largest absolute Gasteiger partial charge is 0.481 e. The van der Waals surface area contributed by atoms with Gasteiger partial charge in [-0.15, -0.1) is 0 Å². The van der Waals surface area contributed by atoms with Gasteiger partial charge in [0.25, 0.3) is 0 Å². The summed E-state index contributed by atoms with van der Waals surface area (Å²) < 4.78 is 16.8. The molecule has 3 unspecified atom stereocenters. The number of carbonyl (C=O) groups excluding carboxylic acids is 2. The number of amides is 1. The van der Waals surface area contributed by atoms with Crippen LogP contribution in [0, 0.1) is 5.92 Å². The summed E-state index contributed by atoms with van der Waals surface area (Å²) in [6.07, 6.45) is -0.765. The monoisotopic (exact) mass is 309 g/mol. The SMILES string of the molecule is CCOC(=O)CCP(=O)(O)C(NC(C)=O)C(C)C(=O)O. The van der Waals surface area contributed by atoms with Gasteiger partial charge in [0.05, 0.1) is 18.9 Å². The predicted molar refractivity (Wildman–Crippen MR) is 70.3 cm³/mol. The maximum absolute atomic E-state index is 12.2. The van der Waals surface area contributed by atoms with E-state index < -0.39 is 43.1 Å². The quantitative estimate of drug-likeness (QED) is 0.437. The van der Waals surface area contributed by atoms with Crippen LogP contribution in [0.4, 0.5) is 0 Å². The molecule has 0 radical (unpaired) electrons. The Bertz CT molecular complexity index is 423. The van der Waals surface area contributed by atoms with Crippen molar-refractivity contribution in [1.29, 1.82) is 0 Å². The lowest BCUT2D eigenvalue weighted by Gasteiger charge is -2.26. The van der Waals surface area contributed by atoms with Crippen LogP contribution in [0.1, 0.15) is 27.2 Å². The van der Waals surface area contributed by atoms with Gasteiger partial charge in [0.2, 0.25) is 13.3 Å². The molecule has 0 saturated heterocycles. The van der Waals surface area contributed by atoms with Crippen LogP contribution in [0.2, 0.25) is 0 Å². The topological polar surface area (TPSA) is 130 Å². The van der Waals surface area contributed by atoms with Crippen LogP contribution in [0.3, 0.4) is 0 Å². The highest BCUT2D eigenvalue weighted by Crippen LogP contribution is 2.48. The maximum atomic E-state index is 12.2. The van der Waals surface area contributed by atoms with Crippen LogP contribution < -0.4 is 5.32 Å². The summed E-state index contributed by atoms with van der Waals surface area (Å²) in [4.78, 5) is 43.1. The molecule has 0 aliphatic rings. The fraction of sp³-hybridized carbons (Fsp3) is 0.727. The molecule has 0 rings (SSSR count). The van der Waals surface area contributed by atoms with Crippen molar-refractivity contribution in [3.63, 3.8) is 0 Å². The van der Waals surface area contributed by atoms with Gasteiger partial charge in [-0.1, -0.05) is 0 Å². The summed E-state index contributed by atoms with van der Waals surface area (Å²) in [6.45, 7) is 4.08. The van der Waals surface area contributed by atoms with Crippen LogP contribution in [-0.4, -0.2) is 46.4 Å². The first-order valence-electron chi connectivity index (χ1n) is 6.08. The summed E-state index contributed by atoms with van der Waals surface area (Å²) in [5, 5.41) is 11.1. The number of rotatable bonds is 8. The number of carbonyl (C=O) groups is 3. The van der Waals surface area contributed by atoms with E-state index in [4.69, 9.17) is 5.11 Å². The van der Waals surface area contributed by atoms with Crippen molar-refractivity contribution in [3.05, 3.63) is 0 Å². The van der Waals surface area contributed by atoms with Crippen LogP contribution >= 0.6 is 7.37 Å². The molecule has 0 bridgehead atoms. The first-order valence-corrected chi connectivity index (χ1v) is 8.00. The summed E-state index contributed by atoms with van der Waals surface area (Å²) in [6, 6.07) is 0. The highest BCUT2D eigenvalue weighted by Gasteiger charge is 2.39. The van der Waals surface area contributed by atoms with E-state index in [-0.39, 0.29) is 13.0 Å². The molecule has 9 heteroatoms. The first kappa shape index (κ1) is 18.6. The van der Waals surface area contributed by atoms with E-state index in [2.05, 4.69) is 10.1 Å². The Morgan fingerprint density at radius 1 is 1.35 bits per heavy atom. The van der Waals surface area contributed by atoms with Gasteiger partial charge in [0.1, 0.15) is 5.78 Å². The van der Waals surface area contributed by atoms with E-state index in [1.54, 1.807) is 6.92 Å². The Morgan fingerprint density at radius 3 is 2.30 bits per heavy atom. The summed E-state index contributed by atoms with van der Waals surface area (Å²) in [5.41, 5.74) is 0. The average molecular weight is 309 g/mol. The molecule has 0 aromatic heterocycles. The van der Waals surface area contributed by atoms with Crippen molar-refractivity contribution in [2.75, 3.05) is 12.8 Å². The highest BCUT2D eigenvalue weighted by molar-refractivity contribution is 7.58. The zero-order valence-corrected chi connectivity index (χ0v) is 12.6. The van der Waals surface area contributed by atoms with E-state index in [0.29, 0.717) is 0 Å². The zero-order chi connectivity index (χ0) is 15.9. The van der Waals surface area contributed by atoms with Gasteiger partial charge in [-0.05, 0) is 13.8 Å². The number of ether oxygens (including phenoxy) is 1. The molecule has 0 aromatic rings. The summed E-state index contributed by atoms with van der Waals surface area (Å²) in [5.74, 6) is -5.27. The smallest absolute Gasteiger partial charge is 0.308 e. The highest BCUT2D eigenvalue weighted by atomic mass is 31.2. The number of carboxylic acid groups (broad SMARTS) is 1. The molecule has 0 aromatic carbocycles. The number of hydrogen-bond acceptors (Lipinski definition) is 5. The third kappa shape index (κ3) is 6.16. The normalized spacial score (nSPS) is 16.6. The van der Waals surface area contributed by atoms with Crippen molar-refractivity contribution in [2.45, 2.75) is 33.0 Å². The summed E-state index contributed by atoms with van der Waals surface area (Å²) >= 11 is 0. The van der Waals surface area contributed by atoms with E-state index in [0.717, 1.165) is 6.92 Å². The second kappa shape index (κ2) is 8.01. The Morgan fingerprint density at radius 2 is 1.90 bits per heavy atom. The van der Waals surface area contributed by atoms with Gasteiger partial charge in [0.15, 0.2) is 0 Å². The lowest BCUT2D eigenvalue weighted by Crippen LogP contribution is -2.41. The Hall–Kier alpha value is -1.40. The van der Waals surface area contributed by atoms with Crippen LogP contribution in [0.5, 0.6) is 0 Å². The van der Waals surface area contributed by atoms with E-state index in [1.165, 1.54) is 6.92 Å². The zero-order valence-electron chi connectivity index (χ0n) is 11.7. The minimum atomic E-state index is -4.06. The van der Waals surface area contributed by atoms with E-state index in [1.807, 2.05) is 0 Å². The first-order chi connectivity index (χ1) is 9.11. The van der Waals surface area contributed by atoms with Gasteiger partial charge < -0.3 is 20.1 Å². The van der Waals surface area contributed by atoms with Crippen LogP contribution in [-0.2, 0) is 23.7 Å². The molecular weight excluding hydrogens is 289 g/mol. The molecule has 3 N–H and O–H groups in total. The van der Waals surface area contributed by atoms with Gasteiger partial charge in [-0.2, -0.15) is 0 Å². The molecule has 8 nitrogen and oxygen atoms in total. The average Bonchev–Trinajstić information content (AvgIpc) is 2.32. The van der Waals surface area contributed by atoms with Crippen molar-refractivity contribution >= 4 is 25.2 Å². The van der Waals surface area contributed by atoms with Gasteiger partial charge >= 0.3 is 11.9 Å². The molecule has 0 spiro atoms. The van der Waals surface area contributed by atoms with Crippen molar-refractivity contribution in [1.82, 2.24) is 5.32 Å². The van der Waals surface area contributed by atoms with Crippen LogP contribution in [0.15, 0.2) is 0 Å². The Balaban J connectivity index is 4.94. The number of nitrogens with one attached hydrogen (secondary N) is 1. The molecular formula is C11H20NO7P. The van der Waals surface area contributed by atoms with Crippen molar-refractivity contribution in [3.8, 4) is 0 Å². The van der Waals surface area contributed by atoms with Crippen molar-refractivity contribution in [2.24, 2.45) is 5.92 Å². The fourth-order valence-corrected chi connectivity index (χ4v) is 3.53. The predicted octanol–water partition coefficient (Wildman–Crippen LogP) is 0.393. The molecule has 1 amide bonds. The van der Waals surface area contributed by atoms with Gasteiger partial charge in [-0.25, -0.2) is 0 Å². The van der Waals surface area contributed by atoms with E-state index in [9.17, 15) is 23.8 Å². The van der Waals surface area contributed by atoms with E-state index >= 15 is 0 Å². The summed E-state index contributed by atoms with van der Waals surface area (Å²) in [7, 11) is -4.06. The molecule has 20 heavy (non-hydrogen) atoms. The maximum Gasteiger partial charge on any atom is 0.308 e. The molecule has 0 saturated carbocycles. The molecule has 116 valence electrons. The second-order valence-electron chi connectivity index (χ2n) is 4.31. The minimum Gasteiger partial charge on any atom is -0.481 e. The van der Waals surface area contributed by atoms with Gasteiger partial charge in [0, 0.05) is 13.1 Å². The second-order valence-corrected chi connectivity index (χ2v) is 6.82. The number of aliphatic carboxylic acids is 1. The van der Waals surface area contributed by atoms with Crippen molar-refractivity contribution < 1.29 is 33.7 Å². The number of hydrogen-bond donors (Lipinski definition) is 3. The Labute approximate surface area is 117 Å². The number of esters is 1. The standard InChI is InChI=1S/C11H20NO7P/c1-4-19-9(14)5-6-20(17,18)10(12-8(3)13)7(2)11(15)16/h7,10H,4-6H2,1-3H3,(H,12,13)(H,15,16)(H,17,18). The third-order valence-electron chi connectivity index (χ3n) is 2.59. The lowest BCUT2D eigenvalue weighted by atomic mass is 10.2. The lowest BCUT2D eigenvalue weighted by molar-refractivity contribution is -0.143. The third-order valence-corrected chi connectivity index (χ3v) is 4.90. The Kier molecular flexibility index (Phi) is 7.45. The molecule has 3 atom stereocenters. The number of carboxylic acids is 1. The minimum absolute atomic E-state index is 0.148. The molecule has 0 heterocycles.